The zero-order valence-corrected chi connectivity index (χ0v) is 17.0. The summed E-state index contributed by atoms with van der Waals surface area (Å²) in [6.45, 7) is -0.404. The van der Waals surface area contributed by atoms with Crippen LogP contribution < -0.4 is 10.5 Å². The summed E-state index contributed by atoms with van der Waals surface area (Å²) in [5.41, 5.74) is 0.104. The van der Waals surface area contributed by atoms with E-state index in [-0.39, 0.29) is 53.1 Å². The number of primary sulfonamides is 1. The molecule has 2 heterocycles. The third kappa shape index (κ3) is 4.11. The minimum atomic E-state index is -4.18. The number of nitrogens with zero attached hydrogens (tertiary/aromatic N) is 4. The van der Waals surface area contributed by atoms with E-state index in [0.29, 0.717) is 0 Å². The number of nitrogens with two attached hydrogens (primary N) is 1. The molecule has 1 aliphatic heterocycles. The van der Waals surface area contributed by atoms with Crippen molar-refractivity contribution < 1.29 is 27.9 Å². The second-order valence-corrected chi connectivity index (χ2v) is 7.97. The molecule has 5 N–H and O–H groups in total. The van der Waals surface area contributed by atoms with Gasteiger partial charge in [0.05, 0.1) is 36.5 Å². The van der Waals surface area contributed by atoms with Crippen LogP contribution in [-0.4, -0.2) is 77.7 Å². The molecule has 1 aromatic carbocycles. The molecule has 30 heavy (non-hydrogen) atoms. The first-order valence-electron chi connectivity index (χ1n) is 8.26. The van der Waals surface area contributed by atoms with E-state index < -0.39 is 26.8 Å². The van der Waals surface area contributed by atoms with Crippen molar-refractivity contribution in [1.82, 2.24) is 25.5 Å². The maximum atomic E-state index is 12.7. The molecule has 0 saturated heterocycles. The lowest BCUT2D eigenvalue weighted by Crippen LogP contribution is -2.31. The number of anilines is 1. The number of halogens is 1. The molecule has 1 aliphatic rings. The zero-order chi connectivity index (χ0) is 22.1. The third-order valence-electron chi connectivity index (χ3n) is 4.18. The fourth-order valence-corrected chi connectivity index (χ4v) is 3.92. The average Bonchev–Trinajstić information content (AvgIpc) is 3.31. The first-order chi connectivity index (χ1) is 14.2. The summed E-state index contributed by atoms with van der Waals surface area (Å²) >= 11 is 6.07. The molecule has 2 aromatic rings. The Bertz CT molecular complexity index is 1130. The molecular weight excluding hydrogens is 442 g/mol. The van der Waals surface area contributed by atoms with Gasteiger partial charge in [-0.05, 0) is 17.3 Å². The number of amides is 1. The van der Waals surface area contributed by atoms with Crippen LogP contribution in [0.4, 0.5) is 5.69 Å². The molecule has 1 amide bonds. The van der Waals surface area contributed by atoms with Crippen molar-refractivity contribution in [3.05, 3.63) is 28.4 Å². The molecular formula is C15H16ClN7O6S. The molecule has 1 aromatic heterocycles. The van der Waals surface area contributed by atoms with Crippen molar-refractivity contribution in [2.24, 2.45) is 5.14 Å². The van der Waals surface area contributed by atoms with Gasteiger partial charge in [-0.3, -0.25) is 4.79 Å². The molecule has 3 rings (SSSR count). The second kappa shape index (κ2) is 8.35. The summed E-state index contributed by atoms with van der Waals surface area (Å²) in [6, 6.07) is 2.32. The fourth-order valence-electron chi connectivity index (χ4n) is 2.82. The van der Waals surface area contributed by atoms with Crippen LogP contribution in [0.3, 0.4) is 0 Å². The smallest absolute Gasteiger partial charge is 0.337 e. The highest BCUT2D eigenvalue weighted by Crippen LogP contribution is 2.35. The van der Waals surface area contributed by atoms with Crippen LogP contribution in [0.25, 0.3) is 11.4 Å². The number of H-pyrrole nitrogens is 1. The molecule has 0 spiro atoms. The lowest BCUT2D eigenvalue weighted by Gasteiger charge is -2.16. The van der Waals surface area contributed by atoms with Gasteiger partial charge >= 0.3 is 5.97 Å². The number of β-amino-alcohol motifs (C(OH)–C–C–N with tert-alkyl or cyclic N) is 1. The van der Waals surface area contributed by atoms with E-state index in [4.69, 9.17) is 26.6 Å². The predicted octanol–water partition coefficient (Wildman–Crippen LogP) is -1.16. The molecule has 0 atom stereocenters. The van der Waals surface area contributed by atoms with Crippen molar-refractivity contribution in [3.63, 3.8) is 0 Å². The van der Waals surface area contributed by atoms with Gasteiger partial charge in [0.15, 0.2) is 0 Å². The number of hydrogen-bond donors (Lipinski definition) is 4. The van der Waals surface area contributed by atoms with Crippen LogP contribution >= 0.6 is 11.6 Å². The Morgan fingerprint density at radius 1 is 1.47 bits per heavy atom. The standard InChI is InChI=1S/C15H16ClN7O6S/c1-29-15(26)8-6-23(2-3-24)14(25)12(8)18-10-5-9(16)11(30(17,27)28)4-7(10)13-19-21-22-20-13/h4-5,18,24H,2-3,6H2,1H3,(H2,17,27,28)(H,19,20,21,22). The van der Waals surface area contributed by atoms with Gasteiger partial charge in [0, 0.05) is 12.1 Å². The lowest BCUT2D eigenvalue weighted by atomic mass is 10.1. The number of aliphatic hydroxyl groups excluding tert-OH is 1. The van der Waals surface area contributed by atoms with Gasteiger partial charge < -0.3 is 20.1 Å². The summed E-state index contributed by atoms with van der Waals surface area (Å²) in [4.78, 5) is 25.7. The fraction of sp³-hybridized carbons (Fsp3) is 0.267. The summed E-state index contributed by atoms with van der Waals surface area (Å²) in [5.74, 6) is -1.34. The Labute approximate surface area is 174 Å². The number of ether oxygens (including phenoxy) is 1. The van der Waals surface area contributed by atoms with Crippen LogP contribution in [0.1, 0.15) is 0 Å². The van der Waals surface area contributed by atoms with Gasteiger partial charge in [-0.1, -0.05) is 11.6 Å². The van der Waals surface area contributed by atoms with Crippen molar-refractivity contribution >= 4 is 39.2 Å². The molecule has 0 radical (unpaired) electrons. The van der Waals surface area contributed by atoms with Crippen LogP contribution in [0, 0.1) is 0 Å². The van der Waals surface area contributed by atoms with Crippen LogP contribution in [0.15, 0.2) is 28.3 Å². The largest absolute Gasteiger partial charge is 0.466 e. The van der Waals surface area contributed by atoms with Gasteiger partial charge in [0.25, 0.3) is 5.91 Å². The maximum Gasteiger partial charge on any atom is 0.337 e. The Balaban J connectivity index is 2.14. The van der Waals surface area contributed by atoms with E-state index in [1.54, 1.807) is 0 Å². The van der Waals surface area contributed by atoms with Gasteiger partial charge in [-0.15, -0.1) is 10.2 Å². The number of tetrazole rings is 1. The normalized spacial score (nSPS) is 14.4. The number of esters is 1. The number of hydrogen-bond acceptors (Lipinski definition) is 10. The minimum absolute atomic E-state index is 0.00663. The average molecular weight is 458 g/mol. The van der Waals surface area contributed by atoms with Crippen molar-refractivity contribution in [3.8, 4) is 11.4 Å². The van der Waals surface area contributed by atoms with Crippen molar-refractivity contribution in [2.45, 2.75) is 4.90 Å². The number of rotatable bonds is 7. The van der Waals surface area contributed by atoms with E-state index in [2.05, 4.69) is 25.9 Å². The Morgan fingerprint density at radius 2 is 2.20 bits per heavy atom. The maximum absolute atomic E-state index is 12.7. The number of aromatic amines is 1. The SMILES string of the molecule is COC(=O)C1=C(Nc2cc(Cl)c(S(N)(=O)=O)cc2-c2nn[nH]n2)C(=O)N(CCO)C1. The van der Waals surface area contributed by atoms with E-state index in [9.17, 15) is 18.0 Å². The number of methoxy groups -OCH3 is 1. The molecule has 15 heteroatoms. The van der Waals surface area contributed by atoms with Crippen LogP contribution in [0.2, 0.25) is 5.02 Å². The Kier molecular flexibility index (Phi) is 6.02. The number of sulfonamides is 1. The highest BCUT2D eigenvalue weighted by molar-refractivity contribution is 7.89. The minimum Gasteiger partial charge on any atom is -0.466 e. The Hall–Kier alpha value is -3.07. The van der Waals surface area contributed by atoms with E-state index in [0.717, 1.165) is 13.2 Å². The number of carbonyl (C=O) groups excluding carboxylic acids is 2. The number of aliphatic hydroxyl groups is 1. The highest BCUT2D eigenvalue weighted by Gasteiger charge is 2.35. The number of carbonyl (C=O) groups is 2. The van der Waals surface area contributed by atoms with Gasteiger partial charge in [0.2, 0.25) is 15.8 Å². The van der Waals surface area contributed by atoms with Crippen LogP contribution in [-0.2, 0) is 24.3 Å². The molecule has 0 aliphatic carbocycles. The second-order valence-electron chi connectivity index (χ2n) is 6.03. The van der Waals surface area contributed by atoms with Crippen molar-refractivity contribution in [2.75, 3.05) is 32.1 Å². The topological polar surface area (TPSA) is 193 Å². The third-order valence-corrected chi connectivity index (χ3v) is 5.55. The first-order valence-corrected chi connectivity index (χ1v) is 10.2. The van der Waals surface area contributed by atoms with Crippen molar-refractivity contribution in [1.29, 1.82) is 0 Å². The molecule has 0 unspecified atom stereocenters. The summed E-state index contributed by atoms with van der Waals surface area (Å²) in [6.07, 6.45) is 0. The highest BCUT2D eigenvalue weighted by atomic mass is 35.5. The monoisotopic (exact) mass is 457 g/mol. The number of aromatic nitrogens is 4. The molecule has 160 valence electrons. The summed E-state index contributed by atoms with van der Waals surface area (Å²) in [7, 11) is -3.02. The van der Waals surface area contributed by atoms with E-state index >= 15 is 0 Å². The van der Waals surface area contributed by atoms with E-state index in [1.165, 1.54) is 11.0 Å². The molecule has 13 nitrogen and oxygen atoms in total. The predicted molar refractivity (Wildman–Crippen MR) is 102 cm³/mol. The quantitative estimate of drug-likeness (QED) is 0.368. The molecule has 0 bridgehead atoms. The molecule has 0 saturated carbocycles. The lowest BCUT2D eigenvalue weighted by molar-refractivity contribution is -0.136. The van der Waals surface area contributed by atoms with Crippen LogP contribution in [0.5, 0.6) is 0 Å². The number of nitrogens with one attached hydrogen (secondary N) is 2. The van der Waals surface area contributed by atoms with Gasteiger partial charge in [-0.25, -0.2) is 18.4 Å². The zero-order valence-electron chi connectivity index (χ0n) is 15.4. The summed E-state index contributed by atoms with van der Waals surface area (Å²) < 4.78 is 28.4. The first kappa shape index (κ1) is 21.6. The van der Waals surface area contributed by atoms with Gasteiger partial charge in [0.1, 0.15) is 10.6 Å². The summed E-state index contributed by atoms with van der Waals surface area (Å²) in [5, 5.41) is 30.2. The number of benzene rings is 1. The van der Waals surface area contributed by atoms with Gasteiger partial charge in [-0.2, -0.15) is 5.21 Å². The Morgan fingerprint density at radius 3 is 2.77 bits per heavy atom. The van der Waals surface area contributed by atoms with E-state index in [1.807, 2.05) is 0 Å². The molecule has 0 fully saturated rings.